The minimum Gasteiger partial charge on any atom is -0.466 e. The molecule has 1 saturated heterocycles. The first-order valence-electron chi connectivity index (χ1n) is 9.02. The van der Waals surface area contributed by atoms with E-state index in [9.17, 15) is 9.59 Å². The van der Waals surface area contributed by atoms with E-state index in [0.717, 1.165) is 34.3 Å². The molecule has 1 unspecified atom stereocenters. The van der Waals surface area contributed by atoms with Gasteiger partial charge in [0.2, 0.25) is 5.91 Å². The third kappa shape index (κ3) is 4.36. The molecular formula is C20H24N2O3S. The molecule has 0 aliphatic carbocycles. The molecule has 1 aliphatic heterocycles. The smallest absolute Gasteiger partial charge is 0.310 e. The number of pyridine rings is 1. The van der Waals surface area contributed by atoms with E-state index in [-0.39, 0.29) is 17.8 Å². The van der Waals surface area contributed by atoms with E-state index in [1.54, 1.807) is 11.8 Å². The monoisotopic (exact) mass is 372 g/mol. The first-order valence-corrected chi connectivity index (χ1v) is 10.0. The van der Waals surface area contributed by atoms with Crippen LogP contribution >= 0.6 is 11.8 Å². The molecule has 1 aromatic carbocycles. The number of para-hydroxylation sites is 1. The van der Waals surface area contributed by atoms with E-state index >= 15 is 0 Å². The van der Waals surface area contributed by atoms with Gasteiger partial charge in [-0.1, -0.05) is 30.0 Å². The normalized spacial score (nSPS) is 17.3. The molecule has 1 amide bonds. The van der Waals surface area contributed by atoms with Gasteiger partial charge in [-0.25, -0.2) is 4.98 Å². The highest BCUT2D eigenvalue weighted by Gasteiger charge is 2.29. The summed E-state index contributed by atoms with van der Waals surface area (Å²) in [6.45, 7) is 5.41. The second kappa shape index (κ2) is 8.54. The highest BCUT2D eigenvalue weighted by Crippen LogP contribution is 2.25. The van der Waals surface area contributed by atoms with Crippen molar-refractivity contribution in [1.29, 1.82) is 0 Å². The number of piperidine rings is 1. The number of fused-ring (bicyclic) bond motifs is 1. The Morgan fingerprint density at radius 3 is 2.96 bits per heavy atom. The number of nitrogens with zero attached hydrogens (tertiary/aromatic N) is 2. The van der Waals surface area contributed by atoms with Gasteiger partial charge in [-0.15, -0.1) is 0 Å². The van der Waals surface area contributed by atoms with E-state index < -0.39 is 0 Å². The van der Waals surface area contributed by atoms with Gasteiger partial charge in [0.15, 0.2) is 0 Å². The van der Waals surface area contributed by atoms with Crippen LogP contribution in [0.5, 0.6) is 0 Å². The van der Waals surface area contributed by atoms with Crippen molar-refractivity contribution >= 4 is 34.5 Å². The van der Waals surface area contributed by atoms with Crippen LogP contribution in [0.15, 0.2) is 35.4 Å². The predicted octanol–water partition coefficient (Wildman–Crippen LogP) is 3.44. The summed E-state index contributed by atoms with van der Waals surface area (Å²) in [5.41, 5.74) is 2.11. The highest BCUT2D eigenvalue weighted by atomic mass is 32.2. The fourth-order valence-electron chi connectivity index (χ4n) is 3.28. The molecule has 138 valence electrons. The fourth-order valence-corrected chi connectivity index (χ4v) is 4.15. The molecule has 0 saturated carbocycles. The number of thioether (sulfide) groups is 1. The Balaban J connectivity index is 1.61. The average molecular weight is 372 g/mol. The molecule has 0 spiro atoms. The molecule has 1 aliphatic rings. The van der Waals surface area contributed by atoms with Gasteiger partial charge in [-0.3, -0.25) is 9.59 Å². The van der Waals surface area contributed by atoms with Crippen LogP contribution in [0.25, 0.3) is 10.9 Å². The van der Waals surface area contributed by atoms with E-state index in [0.29, 0.717) is 25.4 Å². The third-order valence-corrected chi connectivity index (χ3v) is 5.53. The zero-order valence-electron chi connectivity index (χ0n) is 15.2. The van der Waals surface area contributed by atoms with Gasteiger partial charge in [0.05, 0.1) is 28.8 Å². The number of amides is 1. The lowest BCUT2D eigenvalue weighted by Crippen LogP contribution is -2.43. The Morgan fingerprint density at radius 2 is 2.15 bits per heavy atom. The Hall–Kier alpha value is -2.08. The van der Waals surface area contributed by atoms with Crippen molar-refractivity contribution in [3.8, 4) is 0 Å². The molecule has 3 rings (SSSR count). The number of rotatable bonds is 5. The van der Waals surface area contributed by atoms with Crippen molar-refractivity contribution in [3.63, 3.8) is 0 Å². The largest absolute Gasteiger partial charge is 0.466 e. The molecule has 6 heteroatoms. The number of benzene rings is 1. The van der Waals surface area contributed by atoms with E-state index in [2.05, 4.69) is 18.0 Å². The molecule has 0 N–H and O–H groups in total. The zero-order chi connectivity index (χ0) is 18.5. The van der Waals surface area contributed by atoms with Crippen LogP contribution in [0.2, 0.25) is 0 Å². The van der Waals surface area contributed by atoms with Gasteiger partial charge in [-0.05, 0) is 44.4 Å². The summed E-state index contributed by atoms with van der Waals surface area (Å²) >= 11 is 1.45. The van der Waals surface area contributed by atoms with Crippen LogP contribution in [0, 0.1) is 12.8 Å². The van der Waals surface area contributed by atoms with Gasteiger partial charge >= 0.3 is 5.97 Å². The molecule has 1 aromatic heterocycles. The number of aryl methyl sites for hydroxylation is 1. The van der Waals surface area contributed by atoms with Crippen molar-refractivity contribution in [3.05, 3.63) is 35.9 Å². The summed E-state index contributed by atoms with van der Waals surface area (Å²) in [7, 11) is 0. The van der Waals surface area contributed by atoms with Gasteiger partial charge in [0.1, 0.15) is 0 Å². The second-order valence-electron chi connectivity index (χ2n) is 6.51. The van der Waals surface area contributed by atoms with Crippen molar-refractivity contribution in [1.82, 2.24) is 9.88 Å². The fraction of sp³-hybridized carbons (Fsp3) is 0.450. The molecule has 5 nitrogen and oxygen atoms in total. The molecule has 1 atom stereocenters. The summed E-state index contributed by atoms with van der Waals surface area (Å²) in [5.74, 6) is 0.000112. The summed E-state index contributed by atoms with van der Waals surface area (Å²) in [6, 6.07) is 10.0. The summed E-state index contributed by atoms with van der Waals surface area (Å²) < 4.78 is 5.10. The SMILES string of the molecule is CCOC(=O)C1CCCN(C(=O)CSc2cc(C)c3ccccc3n2)C1. The van der Waals surface area contributed by atoms with E-state index in [1.165, 1.54) is 11.8 Å². The Bertz CT molecular complexity index is 809. The lowest BCUT2D eigenvalue weighted by Gasteiger charge is -2.31. The Labute approximate surface area is 158 Å². The van der Waals surface area contributed by atoms with Gasteiger partial charge in [-0.2, -0.15) is 0 Å². The average Bonchev–Trinajstić information content (AvgIpc) is 2.66. The quantitative estimate of drug-likeness (QED) is 0.594. The molecule has 1 fully saturated rings. The summed E-state index contributed by atoms with van der Waals surface area (Å²) in [6.07, 6.45) is 1.63. The third-order valence-electron chi connectivity index (χ3n) is 4.64. The number of likely N-dealkylation sites (tertiary alicyclic amines) is 1. The number of hydrogen-bond acceptors (Lipinski definition) is 5. The van der Waals surface area contributed by atoms with Crippen LogP contribution in [0.1, 0.15) is 25.3 Å². The first kappa shape index (κ1) is 18.7. The van der Waals surface area contributed by atoms with Crippen LogP contribution in [0.4, 0.5) is 0 Å². The minimum absolute atomic E-state index is 0.0524. The zero-order valence-corrected chi connectivity index (χ0v) is 16.1. The molecule has 26 heavy (non-hydrogen) atoms. The maximum absolute atomic E-state index is 12.6. The van der Waals surface area contributed by atoms with E-state index in [1.807, 2.05) is 24.3 Å². The first-order chi connectivity index (χ1) is 12.6. The number of carbonyl (C=O) groups is 2. The molecule has 0 radical (unpaired) electrons. The van der Waals surface area contributed by atoms with Gasteiger partial charge < -0.3 is 9.64 Å². The van der Waals surface area contributed by atoms with Crippen molar-refractivity contribution in [2.45, 2.75) is 31.7 Å². The van der Waals surface area contributed by atoms with Crippen molar-refractivity contribution in [2.75, 3.05) is 25.4 Å². The number of carbonyl (C=O) groups excluding carboxylic acids is 2. The Morgan fingerprint density at radius 1 is 1.35 bits per heavy atom. The second-order valence-corrected chi connectivity index (χ2v) is 7.51. The topological polar surface area (TPSA) is 59.5 Å². The van der Waals surface area contributed by atoms with E-state index in [4.69, 9.17) is 4.74 Å². The van der Waals surface area contributed by atoms with Crippen molar-refractivity contribution < 1.29 is 14.3 Å². The summed E-state index contributed by atoms with van der Waals surface area (Å²) in [4.78, 5) is 30.9. The number of ether oxygens (including phenoxy) is 1. The van der Waals surface area contributed by atoms with Crippen LogP contribution in [0.3, 0.4) is 0 Å². The number of esters is 1. The Kier molecular flexibility index (Phi) is 6.14. The molecular weight excluding hydrogens is 348 g/mol. The maximum atomic E-state index is 12.6. The van der Waals surface area contributed by atoms with Gasteiger partial charge in [0, 0.05) is 18.5 Å². The van der Waals surface area contributed by atoms with Crippen molar-refractivity contribution in [2.24, 2.45) is 5.92 Å². The lowest BCUT2D eigenvalue weighted by molar-refractivity contribution is -0.151. The summed E-state index contributed by atoms with van der Waals surface area (Å²) in [5, 5.41) is 1.99. The maximum Gasteiger partial charge on any atom is 0.310 e. The van der Waals surface area contributed by atoms with Crippen LogP contribution in [-0.2, 0) is 14.3 Å². The standard InChI is InChI=1S/C20H24N2O3S/c1-3-25-20(24)15-7-6-10-22(12-15)19(23)13-26-18-11-14(2)16-8-4-5-9-17(16)21-18/h4-5,8-9,11,15H,3,6-7,10,12-13H2,1-2H3. The molecule has 2 heterocycles. The minimum atomic E-state index is -0.196. The van der Waals surface area contributed by atoms with Gasteiger partial charge in [0.25, 0.3) is 0 Å². The van der Waals surface area contributed by atoms with Crippen LogP contribution < -0.4 is 0 Å². The lowest BCUT2D eigenvalue weighted by atomic mass is 9.98. The molecule has 0 bridgehead atoms. The molecule has 2 aromatic rings. The number of hydrogen-bond donors (Lipinski definition) is 0. The predicted molar refractivity (Wildman–Crippen MR) is 103 cm³/mol. The number of aromatic nitrogens is 1. The highest BCUT2D eigenvalue weighted by molar-refractivity contribution is 7.99. The van der Waals surface area contributed by atoms with Crippen LogP contribution in [-0.4, -0.2) is 47.2 Å².